The summed E-state index contributed by atoms with van der Waals surface area (Å²) in [6.07, 6.45) is 3.64. The quantitative estimate of drug-likeness (QED) is 0.640. The van der Waals surface area contributed by atoms with E-state index in [4.69, 9.17) is 0 Å². The van der Waals surface area contributed by atoms with Crippen molar-refractivity contribution in [3.05, 3.63) is 53.3 Å². The number of anilines is 1. The fraction of sp³-hybridized carbons (Fsp3) is 0.350. The van der Waals surface area contributed by atoms with Crippen LogP contribution in [0.2, 0.25) is 0 Å². The molecule has 6 nitrogen and oxygen atoms in total. The van der Waals surface area contributed by atoms with E-state index in [0.717, 1.165) is 40.8 Å². The molecule has 26 heavy (non-hydrogen) atoms. The van der Waals surface area contributed by atoms with E-state index in [1.165, 1.54) is 0 Å². The maximum absolute atomic E-state index is 12.7. The van der Waals surface area contributed by atoms with Crippen molar-refractivity contribution in [1.29, 1.82) is 0 Å². The molecule has 6 heteroatoms. The zero-order chi connectivity index (χ0) is 18.5. The monoisotopic (exact) mass is 351 g/mol. The van der Waals surface area contributed by atoms with Gasteiger partial charge >= 0.3 is 0 Å². The highest BCUT2D eigenvalue weighted by atomic mass is 16.1. The van der Waals surface area contributed by atoms with Crippen molar-refractivity contribution >= 4 is 22.6 Å². The van der Waals surface area contributed by atoms with Gasteiger partial charge in [0.25, 0.3) is 5.91 Å². The van der Waals surface area contributed by atoms with Gasteiger partial charge in [-0.05, 0) is 18.9 Å². The average molecular weight is 351 g/mol. The molecule has 2 N–H and O–H groups in total. The Morgan fingerprint density at radius 2 is 2.00 bits per heavy atom. The molecule has 3 rings (SSSR count). The van der Waals surface area contributed by atoms with Gasteiger partial charge < -0.3 is 10.6 Å². The summed E-state index contributed by atoms with van der Waals surface area (Å²) in [5, 5.41) is 11.8. The molecule has 0 aliphatic carbocycles. The topological polar surface area (TPSA) is 71.8 Å². The average Bonchev–Trinajstić information content (AvgIpc) is 2.95. The Bertz CT molecular complexity index is 901. The van der Waals surface area contributed by atoms with Crippen LogP contribution >= 0.6 is 0 Å². The van der Waals surface area contributed by atoms with Crippen LogP contribution in [0.3, 0.4) is 0 Å². The molecule has 0 aliphatic rings. The molecule has 0 bridgehead atoms. The van der Waals surface area contributed by atoms with Gasteiger partial charge in [-0.2, -0.15) is 5.10 Å². The molecule has 0 saturated carbocycles. The summed E-state index contributed by atoms with van der Waals surface area (Å²) in [6.45, 7) is 5.34. The molecular formula is C20H25N5O. The molecule has 136 valence electrons. The molecule has 0 aliphatic heterocycles. The molecule has 3 aromatic rings. The van der Waals surface area contributed by atoms with Gasteiger partial charge in [0.2, 0.25) is 0 Å². The predicted octanol–water partition coefficient (Wildman–Crippen LogP) is 3.42. The highest BCUT2D eigenvalue weighted by Gasteiger charge is 2.19. The number of aryl methyl sites for hydroxylation is 2. The second kappa shape index (κ2) is 7.99. The number of nitrogens with one attached hydrogen (secondary N) is 2. The summed E-state index contributed by atoms with van der Waals surface area (Å²) in [6, 6.07) is 10.1. The van der Waals surface area contributed by atoms with Gasteiger partial charge in [-0.3, -0.25) is 9.48 Å². The van der Waals surface area contributed by atoms with Gasteiger partial charge in [0.1, 0.15) is 0 Å². The minimum atomic E-state index is -0.105. The van der Waals surface area contributed by atoms with Crippen LogP contribution in [0.4, 0.5) is 5.69 Å². The van der Waals surface area contributed by atoms with Crippen molar-refractivity contribution in [3.63, 3.8) is 0 Å². The second-order valence-electron chi connectivity index (χ2n) is 6.40. The molecule has 0 saturated heterocycles. The first kappa shape index (κ1) is 17.9. The molecule has 0 spiro atoms. The molecule has 2 heterocycles. The smallest absolute Gasteiger partial charge is 0.254 e. The number of carbonyl (C=O) groups is 1. The molecule has 2 aromatic heterocycles. The minimum absolute atomic E-state index is 0.105. The molecule has 0 atom stereocenters. The second-order valence-corrected chi connectivity index (χ2v) is 6.40. The Morgan fingerprint density at radius 3 is 2.73 bits per heavy atom. The summed E-state index contributed by atoms with van der Waals surface area (Å²) in [5.74, 6) is -0.105. The van der Waals surface area contributed by atoms with E-state index < -0.39 is 0 Å². The number of benzene rings is 1. The Hall–Kier alpha value is -2.89. The number of pyridine rings is 1. The van der Waals surface area contributed by atoms with Gasteiger partial charge in [-0.25, -0.2) is 4.98 Å². The van der Waals surface area contributed by atoms with Crippen LogP contribution in [-0.2, 0) is 13.6 Å². The molecule has 0 unspecified atom stereocenters. The largest absolute Gasteiger partial charge is 0.380 e. The van der Waals surface area contributed by atoms with Gasteiger partial charge in [-0.1, -0.05) is 43.7 Å². The third kappa shape index (κ3) is 3.69. The number of rotatable bonds is 7. The highest BCUT2D eigenvalue weighted by molar-refractivity contribution is 6.07. The Balaban J connectivity index is 1.97. The standard InChI is InChI=1S/C20H25N5O/c1-4-5-11-21-20(26)16-13-23-19-17(14(2)24-25(19)3)18(16)22-12-15-9-7-6-8-10-15/h6-10,13H,4-5,11-12H2,1-3H3,(H,21,26)(H,22,23). The summed E-state index contributed by atoms with van der Waals surface area (Å²) >= 11 is 0. The lowest BCUT2D eigenvalue weighted by atomic mass is 10.1. The molecule has 1 amide bonds. The first-order chi connectivity index (χ1) is 12.6. The number of unbranched alkanes of at least 4 members (excludes halogenated alkanes) is 1. The lowest BCUT2D eigenvalue weighted by Gasteiger charge is -2.14. The predicted molar refractivity (Wildman–Crippen MR) is 104 cm³/mol. The summed E-state index contributed by atoms with van der Waals surface area (Å²) < 4.78 is 1.75. The van der Waals surface area contributed by atoms with Crippen LogP contribution in [-0.4, -0.2) is 27.2 Å². The third-order valence-corrected chi connectivity index (χ3v) is 4.40. The lowest BCUT2D eigenvalue weighted by Crippen LogP contribution is -2.25. The van der Waals surface area contributed by atoms with Crippen molar-refractivity contribution in [2.45, 2.75) is 33.2 Å². The van der Waals surface area contributed by atoms with E-state index in [0.29, 0.717) is 18.7 Å². The summed E-state index contributed by atoms with van der Waals surface area (Å²) in [4.78, 5) is 17.2. The van der Waals surface area contributed by atoms with E-state index in [1.54, 1.807) is 10.9 Å². The summed E-state index contributed by atoms with van der Waals surface area (Å²) in [7, 11) is 1.87. The van der Waals surface area contributed by atoms with Crippen LogP contribution < -0.4 is 10.6 Å². The molecule has 1 aromatic carbocycles. The number of nitrogens with zero attached hydrogens (tertiary/aromatic N) is 3. The maximum atomic E-state index is 12.7. The van der Waals surface area contributed by atoms with E-state index in [1.807, 2.05) is 32.2 Å². The van der Waals surface area contributed by atoms with E-state index in [-0.39, 0.29) is 5.91 Å². The van der Waals surface area contributed by atoms with Crippen LogP contribution in [0.25, 0.3) is 11.0 Å². The van der Waals surface area contributed by atoms with Crippen LogP contribution in [0.1, 0.15) is 41.4 Å². The first-order valence-corrected chi connectivity index (χ1v) is 9.00. The van der Waals surface area contributed by atoms with Gasteiger partial charge in [-0.15, -0.1) is 0 Å². The number of carbonyl (C=O) groups excluding carboxylic acids is 1. The first-order valence-electron chi connectivity index (χ1n) is 9.00. The van der Waals surface area contributed by atoms with Crippen molar-refractivity contribution in [2.24, 2.45) is 7.05 Å². The number of aromatic nitrogens is 3. The maximum Gasteiger partial charge on any atom is 0.254 e. The SMILES string of the molecule is CCCCNC(=O)c1cnc2c(c(C)nn2C)c1NCc1ccccc1. The Labute approximate surface area is 153 Å². The lowest BCUT2D eigenvalue weighted by molar-refractivity contribution is 0.0953. The number of amides is 1. The normalized spacial score (nSPS) is 10.9. The minimum Gasteiger partial charge on any atom is -0.380 e. The van der Waals surface area contributed by atoms with Crippen molar-refractivity contribution in [1.82, 2.24) is 20.1 Å². The van der Waals surface area contributed by atoms with Crippen molar-refractivity contribution in [2.75, 3.05) is 11.9 Å². The van der Waals surface area contributed by atoms with E-state index in [9.17, 15) is 4.79 Å². The van der Waals surface area contributed by atoms with Crippen molar-refractivity contribution in [3.8, 4) is 0 Å². The van der Waals surface area contributed by atoms with Crippen LogP contribution in [0.5, 0.6) is 0 Å². The molecule has 0 radical (unpaired) electrons. The van der Waals surface area contributed by atoms with Crippen LogP contribution in [0, 0.1) is 6.92 Å². The molecular weight excluding hydrogens is 326 g/mol. The third-order valence-electron chi connectivity index (χ3n) is 4.40. The number of hydrogen-bond donors (Lipinski definition) is 2. The van der Waals surface area contributed by atoms with Gasteiger partial charge in [0.15, 0.2) is 5.65 Å². The van der Waals surface area contributed by atoms with E-state index in [2.05, 4.69) is 39.8 Å². The fourth-order valence-corrected chi connectivity index (χ4v) is 3.03. The fourth-order valence-electron chi connectivity index (χ4n) is 3.03. The zero-order valence-corrected chi connectivity index (χ0v) is 15.5. The zero-order valence-electron chi connectivity index (χ0n) is 15.5. The van der Waals surface area contributed by atoms with Crippen LogP contribution in [0.15, 0.2) is 36.5 Å². The van der Waals surface area contributed by atoms with Crippen molar-refractivity contribution < 1.29 is 4.79 Å². The number of hydrogen-bond acceptors (Lipinski definition) is 4. The highest BCUT2D eigenvalue weighted by Crippen LogP contribution is 2.29. The van der Waals surface area contributed by atoms with Gasteiger partial charge in [0, 0.05) is 26.3 Å². The Kier molecular flexibility index (Phi) is 5.51. The van der Waals surface area contributed by atoms with E-state index >= 15 is 0 Å². The van der Waals surface area contributed by atoms with Gasteiger partial charge in [0.05, 0.1) is 22.3 Å². The number of fused-ring (bicyclic) bond motifs is 1. The Morgan fingerprint density at radius 1 is 1.23 bits per heavy atom. The summed E-state index contributed by atoms with van der Waals surface area (Å²) in [5.41, 5.74) is 4.12. The molecule has 0 fully saturated rings.